The second-order valence-electron chi connectivity index (χ2n) is 7.73. The molecule has 2 aliphatic rings. The van der Waals surface area contributed by atoms with Gasteiger partial charge in [0, 0.05) is 50.5 Å². The lowest BCUT2D eigenvalue weighted by Crippen LogP contribution is -2.50. The second kappa shape index (κ2) is 7.87. The van der Waals surface area contributed by atoms with Gasteiger partial charge in [-0.2, -0.15) is 0 Å². The van der Waals surface area contributed by atoms with Gasteiger partial charge in [-0.25, -0.2) is 0 Å². The fourth-order valence-electron chi connectivity index (χ4n) is 4.84. The number of nitrogens with zero attached hydrogens (tertiary/aromatic N) is 2. The van der Waals surface area contributed by atoms with E-state index >= 15 is 0 Å². The first-order valence-electron chi connectivity index (χ1n) is 9.75. The molecule has 0 N–H and O–H groups in total. The van der Waals surface area contributed by atoms with E-state index in [-0.39, 0.29) is 11.6 Å². The van der Waals surface area contributed by atoms with Gasteiger partial charge in [0.1, 0.15) is 5.75 Å². The van der Waals surface area contributed by atoms with E-state index in [0.717, 1.165) is 44.8 Å². The van der Waals surface area contributed by atoms with Crippen molar-refractivity contribution in [3.8, 4) is 5.75 Å². The predicted octanol–water partition coefficient (Wildman–Crippen LogP) is 2.71. The molecule has 2 bridgehead atoms. The molecule has 0 saturated carbocycles. The van der Waals surface area contributed by atoms with Crippen LogP contribution in [0.25, 0.3) is 0 Å². The lowest BCUT2D eigenvalue weighted by atomic mass is 9.76. The molecule has 27 heavy (non-hydrogen) atoms. The van der Waals surface area contributed by atoms with Gasteiger partial charge in [0.25, 0.3) is 5.56 Å². The van der Waals surface area contributed by atoms with E-state index in [9.17, 15) is 4.79 Å². The van der Waals surface area contributed by atoms with Crippen LogP contribution in [0.15, 0.2) is 47.3 Å². The molecule has 1 aromatic carbocycles. The summed E-state index contributed by atoms with van der Waals surface area (Å²) in [6.07, 6.45) is 2.01. The number of hydrogen-bond donors (Lipinski definition) is 0. The average molecular weight is 368 g/mol. The van der Waals surface area contributed by atoms with E-state index in [1.165, 1.54) is 11.3 Å². The van der Waals surface area contributed by atoms with E-state index in [4.69, 9.17) is 9.47 Å². The van der Waals surface area contributed by atoms with E-state index in [2.05, 4.69) is 27.7 Å². The largest absolute Gasteiger partial charge is 0.497 e. The number of hydrogen-bond acceptors (Lipinski definition) is 4. The van der Waals surface area contributed by atoms with E-state index in [0.29, 0.717) is 11.8 Å². The highest BCUT2D eigenvalue weighted by Gasteiger charge is 2.40. The molecule has 0 radical (unpaired) electrons. The van der Waals surface area contributed by atoms with Crippen molar-refractivity contribution in [3.05, 3.63) is 64.1 Å². The molecule has 1 fully saturated rings. The normalized spacial score (nSPS) is 24.4. The van der Waals surface area contributed by atoms with E-state index in [1.807, 2.05) is 18.2 Å². The van der Waals surface area contributed by atoms with Crippen molar-refractivity contribution in [1.82, 2.24) is 9.47 Å². The zero-order valence-electron chi connectivity index (χ0n) is 16.1. The summed E-state index contributed by atoms with van der Waals surface area (Å²) >= 11 is 0. The van der Waals surface area contributed by atoms with Crippen LogP contribution in [-0.4, -0.2) is 49.9 Å². The maximum absolute atomic E-state index is 12.8. The first-order valence-corrected chi connectivity index (χ1v) is 9.75. The highest BCUT2D eigenvalue weighted by atomic mass is 16.5. The Morgan fingerprint density at radius 3 is 2.78 bits per heavy atom. The van der Waals surface area contributed by atoms with Crippen molar-refractivity contribution in [3.63, 3.8) is 0 Å². The van der Waals surface area contributed by atoms with Crippen molar-refractivity contribution in [1.29, 1.82) is 0 Å². The van der Waals surface area contributed by atoms with Crippen LogP contribution in [0.3, 0.4) is 0 Å². The fourth-order valence-corrected chi connectivity index (χ4v) is 4.84. The third-order valence-electron chi connectivity index (χ3n) is 6.06. The summed E-state index contributed by atoms with van der Waals surface area (Å²) in [5, 5.41) is 0. The molecule has 1 saturated heterocycles. The molecule has 0 aliphatic carbocycles. The predicted molar refractivity (Wildman–Crippen MR) is 106 cm³/mol. The summed E-state index contributed by atoms with van der Waals surface area (Å²) < 4.78 is 12.8. The van der Waals surface area contributed by atoms with Gasteiger partial charge in [-0.3, -0.25) is 4.79 Å². The SMILES string of the molecule is COCCN1C[C@H]2C[C@@H](C1)[C@H](Cc1cccc(OC)c1)n1c2cccc1=O. The van der Waals surface area contributed by atoms with Crippen LogP contribution in [0.4, 0.5) is 0 Å². The first kappa shape index (κ1) is 18.3. The van der Waals surface area contributed by atoms with Crippen LogP contribution in [0.2, 0.25) is 0 Å². The van der Waals surface area contributed by atoms with Crippen molar-refractivity contribution in [2.45, 2.75) is 24.8 Å². The minimum absolute atomic E-state index is 0.125. The highest BCUT2D eigenvalue weighted by Crippen LogP contribution is 2.42. The minimum atomic E-state index is 0.125. The molecule has 2 aromatic rings. The van der Waals surface area contributed by atoms with Gasteiger partial charge in [-0.1, -0.05) is 18.2 Å². The second-order valence-corrected chi connectivity index (χ2v) is 7.73. The Bertz CT molecular complexity index is 847. The highest BCUT2D eigenvalue weighted by molar-refractivity contribution is 5.30. The standard InChI is InChI=1S/C22H28N2O3/c1-26-10-9-23-14-17-13-18(15-23)21(24-20(17)7-4-8-22(24)25)12-16-5-3-6-19(11-16)27-2/h3-8,11,17-18,21H,9-10,12-15H2,1-2H3/t17-,18+,21+/m1/s1. The Labute approximate surface area is 160 Å². The molecule has 144 valence electrons. The lowest BCUT2D eigenvalue weighted by Gasteiger charge is -2.47. The summed E-state index contributed by atoms with van der Waals surface area (Å²) in [4.78, 5) is 15.3. The number of likely N-dealkylation sites (tertiary alicyclic amines) is 1. The van der Waals surface area contributed by atoms with Crippen LogP contribution in [0, 0.1) is 5.92 Å². The third kappa shape index (κ3) is 3.66. The molecule has 3 heterocycles. The van der Waals surface area contributed by atoms with Crippen LogP contribution in [0.1, 0.15) is 29.6 Å². The van der Waals surface area contributed by atoms with Crippen LogP contribution in [-0.2, 0) is 11.2 Å². The molecular formula is C22H28N2O3. The summed E-state index contributed by atoms with van der Waals surface area (Å²) in [7, 11) is 3.45. The molecule has 5 nitrogen and oxygen atoms in total. The molecule has 1 aromatic heterocycles. The minimum Gasteiger partial charge on any atom is -0.497 e. The number of piperidine rings is 1. The number of methoxy groups -OCH3 is 2. The Morgan fingerprint density at radius 1 is 1.11 bits per heavy atom. The Morgan fingerprint density at radius 2 is 1.96 bits per heavy atom. The molecule has 0 spiro atoms. The maximum atomic E-state index is 12.8. The summed E-state index contributed by atoms with van der Waals surface area (Å²) in [5.41, 5.74) is 2.53. The number of fused-ring (bicyclic) bond motifs is 4. The third-order valence-corrected chi connectivity index (χ3v) is 6.06. The monoisotopic (exact) mass is 368 g/mol. The molecule has 5 heteroatoms. The van der Waals surface area contributed by atoms with E-state index < -0.39 is 0 Å². The summed E-state index contributed by atoms with van der Waals surface area (Å²) in [5.74, 6) is 1.77. The molecule has 3 atom stereocenters. The Balaban J connectivity index is 1.68. The zero-order chi connectivity index (χ0) is 18.8. The smallest absolute Gasteiger partial charge is 0.251 e. The van der Waals surface area contributed by atoms with Gasteiger partial charge >= 0.3 is 0 Å². The topological polar surface area (TPSA) is 43.7 Å². The number of aromatic nitrogens is 1. The fraction of sp³-hybridized carbons (Fsp3) is 0.500. The Kier molecular flexibility index (Phi) is 5.32. The average Bonchev–Trinajstić information content (AvgIpc) is 2.70. The zero-order valence-corrected chi connectivity index (χ0v) is 16.1. The molecule has 0 unspecified atom stereocenters. The van der Waals surface area contributed by atoms with Gasteiger partial charge < -0.3 is 18.9 Å². The summed E-state index contributed by atoms with van der Waals surface area (Å²) in [6, 6.07) is 14.1. The summed E-state index contributed by atoms with van der Waals surface area (Å²) in [6.45, 7) is 3.73. The Hall–Kier alpha value is -2.11. The first-order chi connectivity index (χ1) is 13.2. The molecule has 0 amide bonds. The quantitative estimate of drug-likeness (QED) is 0.786. The molecular weight excluding hydrogens is 340 g/mol. The van der Waals surface area contributed by atoms with Crippen molar-refractivity contribution < 1.29 is 9.47 Å². The van der Waals surface area contributed by atoms with Crippen LogP contribution >= 0.6 is 0 Å². The van der Waals surface area contributed by atoms with Crippen molar-refractivity contribution >= 4 is 0 Å². The van der Waals surface area contributed by atoms with Crippen molar-refractivity contribution in [2.75, 3.05) is 40.5 Å². The lowest BCUT2D eigenvalue weighted by molar-refractivity contribution is 0.0669. The molecule has 2 aliphatic heterocycles. The van der Waals surface area contributed by atoms with Gasteiger partial charge in [0.15, 0.2) is 0 Å². The van der Waals surface area contributed by atoms with Gasteiger partial charge in [-0.05, 0) is 42.5 Å². The number of pyridine rings is 1. The maximum Gasteiger partial charge on any atom is 0.251 e. The van der Waals surface area contributed by atoms with Gasteiger partial charge in [0.05, 0.1) is 13.7 Å². The molecule has 4 rings (SSSR count). The number of rotatable bonds is 6. The number of benzene rings is 1. The number of ether oxygens (including phenoxy) is 2. The van der Waals surface area contributed by atoms with Crippen LogP contribution < -0.4 is 10.3 Å². The van der Waals surface area contributed by atoms with Gasteiger partial charge in [0.2, 0.25) is 0 Å². The van der Waals surface area contributed by atoms with Gasteiger partial charge in [-0.15, -0.1) is 0 Å². The van der Waals surface area contributed by atoms with E-state index in [1.54, 1.807) is 20.3 Å². The van der Waals surface area contributed by atoms with Crippen molar-refractivity contribution in [2.24, 2.45) is 5.92 Å². The van der Waals surface area contributed by atoms with Crippen LogP contribution in [0.5, 0.6) is 5.75 Å².